The Morgan fingerprint density at radius 3 is 2.33 bits per heavy atom. The quantitative estimate of drug-likeness (QED) is 0.839. The first-order valence-corrected chi connectivity index (χ1v) is 7.03. The van der Waals surface area contributed by atoms with Gasteiger partial charge in [0, 0.05) is 24.3 Å². The second-order valence-corrected chi connectivity index (χ2v) is 5.50. The summed E-state index contributed by atoms with van der Waals surface area (Å²) in [5.74, 6) is -3.48. The summed E-state index contributed by atoms with van der Waals surface area (Å²) in [6.07, 6.45) is 2.87. The SMILES string of the molecule is O=C(Cc1cc(F)c(F)cc1F)NC1CCC(CO)CC1. The summed E-state index contributed by atoms with van der Waals surface area (Å²) in [5.41, 5.74) is -0.157. The van der Waals surface area contributed by atoms with Crippen molar-refractivity contribution < 1.29 is 23.1 Å². The van der Waals surface area contributed by atoms with Gasteiger partial charge in [0.05, 0.1) is 6.42 Å². The zero-order valence-electron chi connectivity index (χ0n) is 11.5. The van der Waals surface area contributed by atoms with Crippen molar-refractivity contribution in [1.29, 1.82) is 0 Å². The molecule has 1 aliphatic rings. The number of carbonyl (C=O) groups is 1. The molecule has 0 radical (unpaired) electrons. The zero-order chi connectivity index (χ0) is 15.4. The van der Waals surface area contributed by atoms with Crippen molar-refractivity contribution in [3.05, 3.63) is 35.1 Å². The van der Waals surface area contributed by atoms with Gasteiger partial charge in [-0.1, -0.05) is 0 Å². The smallest absolute Gasteiger partial charge is 0.224 e. The number of nitrogens with one attached hydrogen (secondary N) is 1. The van der Waals surface area contributed by atoms with E-state index in [0.717, 1.165) is 25.7 Å². The van der Waals surface area contributed by atoms with Crippen LogP contribution in [0, 0.1) is 23.4 Å². The van der Waals surface area contributed by atoms with Crippen LogP contribution in [-0.4, -0.2) is 23.7 Å². The van der Waals surface area contributed by atoms with Crippen LogP contribution in [0.2, 0.25) is 0 Å². The van der Waals surface area contributed by atoms with E-state index in [0.29, 0.717) is 12.1 Å². The van der Waals surface area contributed by atoms with Crippen molar-refractivity contribution in [3.8, 4) is 0 Å². The van der Waals surface area contributed by atoms with Crippen LogP contribution < -0.4 is 5.32 Å². The van der Waals surface area contributed by atoms with Gasteiger partial charge in [-0.3, -0.25) is 4.79 Å². The van der Waals surface area contributed by atoms with Crippen molar-refractivity contribution in [2.24, 2.45) is 5.92 Å². The van der Waals surface area contributed by atoms with Crippen LogP contribution >= 0.6 is 0 Å². The molecule has 21 heavy (non-hydrogen) atoms. The highest BCUT2D eigenvalue weighted by Gasteiger charge is 2.22. The lowest BCUT2D eigenvalue weighted by molar-refractivity contribution is -0.121. The number of benzene rings is 1. The second kappa shape index (κ2) is 6.93. The summed E-state index contributed by atoms with van der Waals surface area (Å²) in [4.78, 5) is 11.8. The molecule has 1 saturated carbocycles. The first kappa shape index (κ1) is 15.8. The summed E-state index contributed by atoms with van der Waals surface area (Å²) < 4.78 is 39.3. The topological polar surface area (TPSA) is 49.3 Å². The standard InChI is InChI=1S/C15H18F3NO2/c16-12-7-14(18)13(17)5-10(12)6-15(21)19-11-3-1-9(8-20)2-4-11/h5,7,9,11,20H,1-4,6,8H2,(H,19,21). The van der Waals surface area contributed by atoms with Crippen molar-refractivity contribution in [1.82, 2.24) is 5.32 Å². The molecule has 0 heterocycles. The van der Waals surface area contributed by atoms with Crippen molar-refractivity contribution >= 4 is 5.91 Å². The Bertz CT molecular complexity index is 514. The van der Waals surface area contributed by atoms with Crippen LogP contribution in [0.15, 0.2) is 12.1 Å². The van der Waals surface area contributed by atoms with Crippen molar-refractivity contribution in [2.45, 2.75) is 38.1 Å². The molecule has 3 nitrogen and oxygen atoms in total. The Balaban J connectivity index is 1.89. The summed E-state index contributed by atoms with van der Waals surface area (Å²) in [7, 11) is 0. The van der Waals surface area contributed by atoms with Gasteiger partial charge in [-0.25, -0.2) is 13.2 Å². The molecule has 2 rings (SSSR count). The van der Waals surface area contributed by atoms with Gasteiger partial charge in [-0.05, 0) is 37.7 Å². The highest BCUT2D eigenvalue weighted by atomic mass is 19.2. The number of amides is 1. The molecule has 116 valence electrons. The van der Waals surface area contributed by atoms with E-state index >= 15 is 0 Å². The number of hydrogen-bond donors (Lipinski definition) is 2. The minimum absolute atomic E-state index is 0.00587. The third-order valence-corrected chi connectivity index (χ3v) is 3.91. The summed E-state index contributed by atoms with van der Waals surface area (Å²) >= 11 is 0. The van der Waals surface area contributed by atoms with Gasteiger partial charge in [0.1, 0.15) is 5.82 Å². The molecule has 0 atom stereocenters. The number of rotatable bonds is 4. The van der Waals surface area contributed by atoms with Gasteiger partial charge < -0.3 is 10.4 Å². The molecule has 0 bridgehead atoms. The molecule has 1 amide bonds. The first-order chi connectivity index (χ1) is 9.99. The number of aliphatic hydroxyl groups is 1. The van der Waals surface area contributed by atoms with E-state index in [1.165, 1.54) is 0 Å². The van der Waals surface area contributed by atoms with E-state index in [2.05, 4.69) is 5.32 Å². The summed E-state index contributed by atoms with van der Waals surface area (Å²) in [6, 6.07) is 1.16. The van der Waals surface area contributed by atoms with E-state index in [4.69, 9.17) is 5.11 Å². The normalized spacial score (nSPS) is 22.1. The lowest BCUT2D eigenvalue weighted by atomic mass is 9.86. The van der Waals surface area contributed by atoms with Crippen LogP contribution in [0.25, 0.3) is 0 Å². The largest absolute Gasteiger partial charge is 0.396 e. The van der Waals surface area contributed by atoms with Crippen LogP contribution in [0.3, 0.4) is 0 Å². The number of aliphatic hydroxyl groups excluding tert-OH is 1. The van der Waals surface area contributed by atoms with Gasteiger partial charge >= 0.3 is 0 Å². The van der Waals surface area contributed by atoms with Gasteiger partial charge in [0.2, 0.25) is 5.91 Å². The monoisotopic (exact) mass is 301 g/mol. The maximum atomic E-state index is 13.5. The Kier molecular flexibility index (Phi) is 5.22. The molecule has 6 heteroatoms. The van der Waals surface area contributed by atoms with E-state index in [1.807, 2.05) is 0 Å². The van der Waals surface area contributed by atoms with E-state index in [9.17, 15) is 18.0 Å². The minimum atomic E-state index is -1.26. The van der Waals surface area contributed by atoms with E-state index < -0.39 is 23.4 Å². The lowest BCUT2D eigenvalue weighted by Gasteiger charge is -2.28. The third kappa shape index (κ3) is 4.20. The minimum Gasteiger partial charge on any atom is -0.396 e. The summed E-state index contributed by atoms with van der Waals surface area (Å²) in [5, 5.41) is 11.8. The molecule has 2 N–H and O–H groups in total. The Morgan fingerprint density at radius 1 is 1.10 bits per heavy atom. The maximum absolute atomic E-state index is 13.5. The molecule has 1 aromatic rings. The van der Waals surface area contributed by atoms with Gasteiger partial charge in [-0.2, -0.15) is 0 Å². The van der Waals surface area contributed by atoms with Gasteiger partial charge in [0.15, 0.2) is 11.6 Å². The molecule has 1 fully saturated rings. The molecule has 0 aromatic heterocycles. The molecule has 0 unspecified atom stereocenters. The Hall–Kier alpha value is -1.56. The Labute approximate surface area is 121 Å². The van der Waals surface area contributed by atoms with Crippen LogP contribution in [0.1, 0.15) is 31.2 Å². The maximum Gasteiger partial charge on any atom is 0.224 e. The van der Waals surface area contributed by atoms with Crippen LogP contribution in [0.4, 0.5) is 13.2 Å². The molecule has 1 aromatic carbocycles. The van der Waals surface area contributed by atoms with Gasteiger partial charge in [-0.15, -0.1) is 0 Å². The van der Waals surface area contributed by atoms with E-state index in [1.54, 1.807) is 0 Å². The van der Waals surface area contributed by atoms with E-state index in [-0.39, 0.29) is 30.6 Å². The average Bonchev–Trinajstić information content (AvgIpc) is 2.45. The molecule has 0 spiro atoms. The third-order valence-electron chi connectivity index (χ3n) is 3.91. The van der Waals surface area contributed by atoms with Crippen molar-refractivity contribution in [2.75, 3.05) is 6.61 Å². The van der Waals surface area contributed by atoms with Crippen LogP contribution in [-0.2, 0) is 11.2 Å². The lowest BCUT2D eigenvalue weighted by Crippen LogP contribution is -2.39. The van der Waals surface area contributed by atoms with Crippen molar-refractivity contribution in [3.63, 3.8) is 0 Å². The highest BCUT2D eigenvalue weighted by Crippen LogP contribution is 2.23. The fourth-order valence-corrected chi connectivity index (χ4v) is 2.64. The zero-order valence-corrected chi connectivity index (χ0v) is 11.5. The molecule has 0 aliphatic heterocycles. The fraction of sp³-hybridized carbons (Fsp3) is 0.533. The van der Waals surface area contributed by atoms with Crippen LogP contribution in [0.5, 0.6) is 0 Å². The van der Waals surface area contributed by atoms with Gasteiger partial charge in [0.25, 0.3) is 0 Å². The first-order valence-electron chi connectivity index (χ1n) is 7.03. The number of carbonyl (C=O) groups excluding carboxylic acids is 1. The molecule has 0 saturated heterocycles. The molecule has 1 aliphatic carbocycles. The summed E-state index contributed by atoms with van der Waals surface area (Å²) in [6.45, 7) is 0.154. The Morgan fingerprint density at radius 2 is 1.71 bits per heavy atom. The number of halogens is 3. The average molecular weight is 301 g/mol. The fourth-order valence-electron chi connectivity index (χ4n) is 2.64. The molecular formula is C15H18F3NO2. The predicted octanol–water partition coefficient (Wildman–Crippen LogP) is 2.31. The predicted molar refractivity (Wildman–Crippen MR) is 71.0 cm³/mol. The molecular weight excluding hydrogens is 283 g/mol. The number of hydrogen-bond acceptors (Lipinski definition) is 2. The highest BCUT2D eigenvalue weighted by molar-refractivity contribution is 5.78. The second-order valence-electron chi connectivity index (χ2n) is 5.50.